The molecule has 19 heteroatoms. The van der Waals surface area contributed by atoms with Crippen molar-refractivity contribution in [3.8, 4) is 0 Å². The van der Waals surface area contributed by atoms with Crippen LogP contribution in [0.15, 0.2) is 60.7 Å². The van der Waals surface area contributed by atoms with Gasteiger partial charge in [-0.25, -0.2) is 9.19 Å². The van der Waals surface area contributed by atoms with Crippen molar-refractivity contribution in [3.05, 3.63) is 88.8 Å². The Kier molecular flexibility index (Phi) is 60.5. The summed E-state index contributed by atoms with van der Waals surface area (Å²) in [6, 6.07) is 20.5. The standard InChI is InChI=1S/C7H13N5.C7H12N5.2C7H8.C4H9NO3S.2C2H6.4Y/c1-5-9-6(8-2)11-7(10-5)12(3)4;1-4-9-7-11-5(2)10-6(8-3)12-7;2*1-7-5-3-2-4-6-7;1-4(6)5-3-9(7)8-2;2*1-2;;;;/h1-4H3,(H,8,9,10,11);4H2,1-3H3,(H-,8,9,10,11,12);2*2-6H,1H3;3H2,1-2H3,(H,5,6);2*1-2H3;;;;/q;-1;;;;;;;;;. The molecule has 0 fully saturated rings. The molecule has 0 bridgehead atoms. The first-order chi connectivity index (χ1) is 24.3. The number of nitrogens with zero attached hydrogens (tertiary/aromatic N) is 8. The van der Waals surface area contributed by atoms with Crippen LogP contribution in [0.1, 0.15) is 64.3 Å². The second-order valence-corrected chi connectivity index (χ2v) is 10.8. The van der Waals surface area contributed by atoms with Gasteiger partial charge in [-0.2, -0.15) is 15.0 Å². The summed E-state index contributed by atoms with van der Waals surface area (Å²) in [5.41, 5.74) is 2.64. The molecule has 4 aromatic rings. The molecule has 1 amide bonds. The van der Waals surface area contributed by atoms with Crippen molar-refractivity contribution in [1.29, 1.82) is 0 Å². The molecule has 2 heterocycles. The Labute approximate surface area is 435 Å². The molecule has 0 saturated heterocycles. The topological polar surface area (TPSA) is 174 Å². The minimum absolute atomic E-state index is 0. The molecule has 0 spiro atoms. The van der Waals surface area contributed by atoms with Gasteiger partial charge in [0.05, 0.1) is 12.9 Å². The first-order valence-corrected chi connectivity index (χ1v) is 17.9. The van der Waals surface area contributed by atoms with Gasteiger partial charge in [0.15, 0.2) is 17.0 Å². The number of nitrogens with one attached hydrogen (secondary N) is 3. The van der Waals surface area contributed by atoms with Gasteiger partial charge in [0, 0.05) is 171 Å². The summed E-state index contributed by atoms with van der Waals surface area (Å²) in [7, 11) is 8.55. The number of hydrogen-bond acceptors (Lipinski definition) is 12. The SMILES string of the molecule is CC.CC.CCNc1nc(C)nc([N-]C)n1.CNc1nc(C)nc(N(C)C)n1.COS(=O)CNC(C)=O.Cc1ccccc1.Cc1ccccc1.[Y].[Y].[Y].[Y]. The van der Waals surface area contributed by atoms with Crippen molar-refractivity contribution in [2.45, 2.75) is 69.2 Å². The molecule has 2 aromatic carbocycles. The van der Waals surface area contributed by atoms with Crippen LogP contribution in [0.5, 0.6) is 0 Å². The van der Waals surface area contributed by atoms with E-state index in [4.69, 9.17) is 0 Å². The number of rotatable bonds is 8. The van der Waals surface area contributed by atoms with Gasteiger partial charge >= 0.3 is 0 Å². The third-order valence-corrected chi connectivity index (χ3v) is 5.89. The molecule has 0 aliphatic rings. The van der Waals surface area contributed by atoms with E-state index < -0.39 is 11.1 Å². The van der Waals surface area contributed by atoms with Crippen LogP contribution in [0.2, 0.25) is 0 Å². The van der Waals surface area contributed by atoms with E-state index in [2.05, 4.69) is 93.5 Å². The molecule has 1 unspecified atom stereocenters. The van der Waals surface area contributed by atoms with Gasteiger partial charge in [0.1, 0.15) is 11.7 Å². The van der Waals surface area contributed by atoms with E-state index in [0.29, 0.717) is 29.6 Å². The summed E-state index contributed by atoms with van der Waals surface area (Å²) < 4.78 is 14.7. The van der Waals surface area contributed by atoms with Crippen LogP contribution in [0.4, 0.5) is 23.8 Å². The number of amides is 1. The van der Waals surface area contributed by atoms with E-state index in [9.17, 15) is 9.00 Å². The number of carbonyl (C=O) groups is 1. The summed E-state index contributed by atoms with van der Waals surface area (Å²) in [6.45, 7) is 20.0. The maximum Gasteiger partial charge on any atom is 0.229 e. The van der Waals surface area contributed by atoms with E-state index in [-0.39, 0.29) is 143 Å². The fourth-order valence-electron chi connectivity index (χ4n) is 2.87. The van der Waals surface area contributed by atoms with E-state index in [1.807, 2.05) is 104 Å². The van der Waals surface area contributed by atoms with Crippen LogP contribution in [-0.4, -0.2) is 87.7 Å². The predicted octanol–water partition coefficient (Wildman–Crippen LogP) is 6.96. The number of hydrogen-bond donors (Lipinski definition) is 3. The Morgan fingerprint density at radius 3 is 1.51 bits per heavy atom. The molecule has 4 radical (unpaired) electrons. The molecule has 14 nitrogen and oxygen atoms in total. The van der Waals surface area contributed by atoms with Crippen molar-refractivity contribution >= 4 is 40.8 Å². The average molecular weight is 1080 g/mol. The molecule has 0 aliphatic carbocycles. The Bertz CT molecular complexity index is 1420. The van der Waals surface area contributed by atoms with Crippen LogP contribution in [-0.2, 0) is 151 Å². The molecule has 1 atom stereocenters. The first kappa shape index (κ1) is 69.3. The third-order valence-electron chi connectivity index (χ3n) is 5.14. The van der Waals surface area contributed by atoms with E-state index >= 15 is 0 Å². The number of carbonyl (C=O) groups excluding carboxylic acids is 1. The van der Waals surface area contributed by atoms with E-state index in [1.165, 1.54) is 25.2 Å². The molecule has 0 aliphatic heterocycles. The minimum Gasteiger partial charge on any atom is -0.397 e. The van der Waals surface area contributed by atoms with Gasteiger partial charge in [0.2, 0.25) is 17.8 Å². The van der Waals surface area contributed by atoms with Gasteiger partial charge in [-0.05, 0) is 41.7 Å². The van der Waals surface area contributed by atoms with Crippen LogP contribution < -0.4 is 20.9 Å². The Balaban J connectivity index is -0.000000102. The summed E-state index contributed by atoms with van der Waals surface area (Å²) in [4.78, 5) is 36.5. The number of anilines is 3. The number of aryl methyl sites for hydroxylation is 4. The van der Waals surface area contributed by atoms with Crippen LogP contribution in [0.25, 0.3) is 5.32 Å². The second kappa shape index (κ2) is 48.0. The van der Waals surface area contributed by atoms with Crippen molar-refractivity contribution < 1.29 is 144 Å². The maximum absolute atomic E-state index is 10.4. The molecular weight excluding hydrogens is 1020 g/mol. The Morgan fingerprint density at radius 1 is 0.745 bits per heavy atom. The molecular formula is C36H62N11O3SY4-. The van der Waals surface area contributed by atoms with Crippen molar-refractivity contribution in [1.82, 2.24) is 35.2 Å². The van der Waals surface area contributed by atoms with Crippen LogP contribution in [0, 0.1) is 27.7 Å². The minimum atomic E-state index is -1.38. The second-order valence-electron chi connectivity index (χ2n) is 9.57. The normalized spacial score (nSPS) is 8.71. The summed E-state index contributed by atoms with van der Waals surface area (Å²) in [5.74, 6) is 3.59. The molecule has 4 rings (SSSR count). The van der Waals surface area contributed by atoms with Gasteiger partial charge < -0.3 is 36.1 Å². The zero-order chi connectivity index (χ0) is 39.6. The Hall–Kier alpha value is -0.344. The molecule has 2 aromatic heterocycles. The molecule has 298 valence electrons. The van der Waals surface area contributed by atoms with Gasteiger partial charge in [-0.1, -0.05) is 99.5 Å². The molecule has 55 heavy (non-hydrogen) atoms. The summed E-state index contributed by atoms with van der Waals surface area (Å²) >= 11 is -1.38. The van der Waals surface area contributed by atoms with Crippen LogP contribution in [0.3, 0.4) is 0 Å². The largest absolute Gasteiger partial charge is 0.397 e. The van der Waals surface area contributed by atoms with Crippen molar-refractivity contribution in [2.24, 2.45) is 0 Å². The third kappa shape index (κ3) is 43.1. The summed E-state index contributed by atoms with van der Waals surface area (Å²) in [6.07, 6.45) is 0. The van der Waals surface area contributed by atoms with Gasteiger partial charge in [-0.15, -0.1) is 0 Å². The monoisotopic (exact) mass is 1080 g/mol. The van der Waals surface area contributed by atoms with Crippen molar-refractivity contribution in [2.75, 3.05) is 63.3 Å². The van der Waals surface area contributed by atoms with E-state index in [1.54, 1.807) is 14.1 Å². The maximum atomic E-state index is 10.4. The average Bonchev–Trinajstić information content (AvgIpc) is 3.13. The number of aromatic nitrogens is 6. The molecule has 3 N–H and O–H groups in total. The first-order valence-electron chi connectivity index (χ1n) is 16.7. The van der Waals surface area contributed by atoms with Crippen molar-refractivity contribution in [3.63, 3.8) is 0 Å². The fraction of sp³-hybridized carbons (Fsp3) is 0.472. The van der Waals surface area contributed by atoms with E-state index in [0.717, 1.165) is 12.4 Å². The Morgan fingerprint density at radius 2 is 1.18 bits per heavy atom. The number of benzene rings is 2. The van der Waals surface area contributed by atoms with Gasteiger partial charge in [-0.3, -0.25) is 8.98 Å². The van der Waals surface area contributed by atoms with Gasteiger partial charge in [0.25, 0.3) is 0 Å². The summed E-state index contributed by atoms with van der Waals surface area (Å²) in [5, 5.41) is 12.1. The van der Waals surface area contributed by atoms with Crippen LogP contribution >= 0.6 is 0 Å². The smallest absolute Gasteiger partial charge is 0.229 e. The molecule has 0 saturated carbocycles. The zero-order valence-electron chi connectivity index (χ0n) is 35.7. The fourth-order valence-corrected chi connectivity index (χ4v) is 3.31. The zero-order valence-corrected chi connectivity index (χ0v) is 47.9. The quantitative estimate of drug-likeness (QED) is 0.166. The predicted molar refractivity (Wildman–Crippen MR) is 215 cm³/mol.